The minimum atomic E-state index is -0.997. The lowest BCUT2D eigenvalue weighted by Gasteiger charge is -2.14. The van der Waals surface area contributed by atoms with Crippen LogP contribution in [-0.4, -0.2) is 17.0 Å². The number of aryl methyl sites for hydroxylation is 2. The molecule has 2 aromatic rings. The summed E-state index contributed by atoms with van der Waals surface area (Å²) >= 11 is 4.89. The lowest BCUT2D eigenvalue weighted by atomic mass is 10.0. The van der Waals surface area contributed by atoms with E-state index in [0.29, 0.717) is 11.3 Å². The molecule has 2 N–H and O–H groups in total. The maximum Gasteiger partial charge on any atom is 0.336 e. The zero-order valence-electron chi connectivity index (χ0n) is 12.4. The van der Waals surface area contributed by atoms with Gasteiger partial charge in [0.2, 0.25) is 5.91 Å². The maximum atomic E-state index is 12.4. The van der Waals surface area contributed by atoms with Crippen LogP contribution in [0.1, 0.15) is 39.2 Å². The van der Waals surface area contributed by atoms with E-state index in [4.69, 9.17) is 0 Å². The highest BCUT2D eigenvalue weighted by atomic mass is 79.9. The van der Waals surface area contributed by atoms with Crippen LogP contribution in [0, 0.1) is 13.8 Å². The first-order valence-corrected chi connectivity index (χ1v) is 8.31. The number of hydrogen-bond donors (Lipinski definition) is 2. The summed E-state index contributed by atoms with van der Waals surface area (Å²) in [6.45, 7) is 5.42. The van der Waals surface area contributed by atoms with Crippen LogP contribution in [0.5, 0.6) is 0 Å². The summed E-state index contributed by atoms with van der Waals surface area (Å²) in [6.07, 6.45) is 0. The van der Waals surface area contributed by atoms with Gasteiger partial charge in [-0.05, 0) is 66.0 Å². The third kappa shape index (κ3) is 3.56. The second kappa shape index (κ2) is 6.62. The molecule has 0 aliphatic heterocycles. The van der Waals surface area contributed by atoms with E-state index in [-0.39, 0.29) is 17.4 Å². The fourth-order valence-corrected chi connectivity index (χ4v) is 3.62. The summed E-state index contributed by atoms with van der Waals surface area (Å²) in [5, 5.41) is 12.0. The lowest BCUT2D eigenvalue weighted by molar-refractivity contribution is -0.117. The van der Waals surface area contributed by atoms with E-state index in [9.17, 15) is 14.7 Å². The first-order chi connectivity index (χ1) is 10.3. The Hall–Kier alpha value is -1.66. The maximum absolute atomic E-state index is 12.4. The number of hydrogen-bond acceptors (Lipinski definition) is 3. The van der Waals surface area contributed by atoms with Crippen molar-refractivity contribution in [2.45, 2.75) is 26.7 Å². The van der Waals surface area contributed by atoms with Gasteiger partial charge in [-0.2, -0.15) is 0 Å². The van der Waals surface area contributed by atoms with Gasteiger partial charge in [0.1, 0.15) is 0 Å². The molecule has 0 radical (unpaired) electrons. The van der Waals surface area contributed by atoms with Crippen molar-refractivity contribution >= 4 is 44.8 Å². The molecule has 1 atom stereocenters. The van der Waals surface area contributed by atoms with Crippen LogP contribution in [0.25, 0.3) is 0 Å². The first-order valence-electron chi connectivity index (χ1n) is 6.70. The van der Waals surface area contributed by atoms with Gasteiger partial charge in [-0.15, -0.1) is 11.3 Å². The number of thiophene rings is 1. The fourth-order valence-electron chi connectivity index (χ4n) is 2.15. The molecule has 0 saturated heterocycles. The summed E-state index contributed by atoms with van der Waals surface area (Å²) in [5.41, 5.74) is 2.26. The van der Waals surface area contributed by atoms with E-state index in [1.54, 1.807) is 13.0 Å². The van der Waals surface area contributed by atoms with Crippen molar-refractivity contribution in [2.24, 2.45) is 0 Å². The Kier molecular flexibility index (Phi) is 5.03. The molecule has 1 aromatic carbocycles. The third-order valence-electron chi connectivity index (χ3n) is 3.47. The summed E-state index contributed by atoms with van der Waals surface area (Å²) < 4.78 is 0.974. The van der Waals surface area contributed by atoms with E-state index in [1.165, 1.54) is 17.4 Å². The number of rotatable bonds is 4. The summed E-state index contributed by atoms with van der Waals surface area (Å²) in [4.78, 5) is 24.5. The quantitative estimate of drug-likeness (QED) is 0.814. The van der Waals surface area contributed by atoms with Gasteiger partial charge >= 0.3 is 5.97 Å². The molecule has 0 aliphatic carbocycles. The molecule has 4 nitrogen and oxygen atoms in total. The van der Waals surface area contributed by atoms with E-state index in [0.717, 1.165) is 14.2 Å². The number of amides is 1. The summed E-state index contributed by atoms with van der Waals surface area (Å²) in [5.74, 6) is -1.45. The molecule has 116 valence electrons. The van der Waals surface area contributed by atoms with Crippen molar-refractivity contribution in [1.29, 1.82) is 0 Å². The van der Waals surface area contributed by atoms with Gasteiger partial charge in [0.05, 0.1) is 15.3 Å². The van der Waals surface area contributed by atoms with Crippen LogP contribution >= 0.6 is 27.3 Å². The average molecular weight is 382 g/mol. The Balaban J connectivity index is 2.24. The molecule has 22 heavy (non-hydrogen) atoms. The fraction of sp³-hybridized carbons (Fsp3) is 0.250. The highest BCUT2D eigenvalue weighted by Crippen LogP contribution is 2.30. The zero-order valence-corrected chi connectivity index (χ0v) is 14.8. The Bertz CT molecular complexity index is 739. The molecule has 0 aliphatic rings. The van der Waals surface area contributed by atoms with Gasteiger partial charge in [0, 0.05) is 10.6 Å². The van der Waals surface area contributed by atoms with E-state index < -0.39 is 5.97 Å². The molecule has 6 heteroatoms. The average Bonchev–Trinajstić information content (AvgIpc) is 2.87. The van der Waals surface area contributed by atoms with Crippen LogP contribution in [0.15, 0.2) is 28.1 Å². The highest BCUT2D eigenvalue weighted by molar-refractivity contribution is 9.11. The topological polar surface area (TPSA) is 66.4 Å². The normalized spacial score (nSPS) is 12.0. The largest absolute Gasteiger partial charge is 0.478 e. The number of nitrogens with one attached hydrogen (secondary N) is 1. The third-order valence-corrected chi connectivity index (χ3v) is 5.28. The molecular formula is C16H16BrNO3S. The number of carboxylic acid groups (broad SMARTS) is 1. The number of carbonyl (C=O) groups excluding carboxylic acids is 1. The molecule has 0 spiro atoms. The molecule has 0 bridgehead atoms. The van der Waals surface area contributed by atoms with Crippen LogP contribution in [0.3, 0.4) is 0 Å². The lowest BCUT2D eigenvalue weighted by Crippen LogP contribution is -2.19. The van der Waals surface area contributed by atoms with Crippen LogP contribution in [0.2, 0.25) is 0 Å². The number of halogens is 1. The number of aromatic carboxylic acids is 1. The van der Waals surface area contributed by atoms with Gasteiger partial charge in [0.25, 0.3) is 0 Å². The van der Waals surface area contributed by atoms with E-state index in [1.807, 2.05) is 26.0 Å². The molecule has 1 unspecified atom stereocenters. The molecule has 2 rings (SSSR count). The van der Waals surface area contributed by atoms with Crippen molar-refractivity contribution in [1.82, 2.24) is 0 Å². The minimum Gasteiger partial charge on any atom is -0.478 e. The Morgan fingerprint density at radius 3 is 2.45 bits per heavy atom. The molecule has 0 fully saturated rings. The number of anilines is 1. The highest BCUT2D eigenvalue weighted by Gasteiger charge is 2.19. The number of carbonyl (C=O) groups is 2. The van der Waals surface area contributed by atoms with Gasteiger partial charge in [0.15, 0.2) is 0 Å². The van der Waals surface area contributed by atoms with Crippen molar-refractivity contribution in [3.63, 3.8) is 0 Å². The smallest absolute Gasteiger partial charge is 0.336 e. The predicted octanol–water partition coefficient (Wildman–Crippen LogP) is 4.57. The van der Waals surface area contributed by atoms with Crippen LogP contribution in [0.4, 0.5) is 5.69 Å². The van der Waals surface area contributed by atoms with Gasteiger partial charge < -0.3 is 10.4 Å². The standard InChI is InChI=1S/C16H16BrNO3S/c1-8-6-9(2)12(7-11(8)16(20)21)18-15(19)10(3)13-4-5-14(17)22-13/h4-7,10H,1-3H3,(H,18,19)(H,20,21). The van der Waals surface area contributed by atoms with Gasteiger partial charge in [-0.25, -0.2) is 4.79 Å². The number of carboxylic acids is 1. The molecule has 1 amide bonds. The van der Waals surface area contributed by atoms with E-state index in [2.05, 4.69) is 21.2 Å². The van der Waals surface area contributed by atoms with Crippen molar-refractivity contribution in [3.05, 3.63) is 49.6 Å². The first kappa shape index (κ1) is 16.7. The summed E-state index contributed by atoms with van der Waals surface area (Å²) in [6, 6.07) is 7.10. The van der Waals surface area contributed by atoms with E-state index >= 15 is 0 Å². The Morgan fingerprint density at radius 1 is 1.23 bits per heavy atom. The second-order valence-corrected chi connectivity index (χ2v) is 7.63. The zero-order chi connectivity index (χ0) is 16.4. The van der Waals surface area contributed by atoms with Gasteiger partial charge in [-0.3, -0.25) is 4.79 Å². The molecule has 0 saturated carbocycles. The Labute approximate surface area is 141 Å². The minimum absolute atomic E-state index is 0.155. The monoisotopic (exact) mass is 381 g/mol. The Morgan fingerprint density at radius 2 is 1.91 bits per heavy atom. The van der Waals surface area contributed by atoms with Crippen LogP contribution in [-0.2, 0) is 4.79 Å². The summed E-state index contributed by atoms with van der Waals surface area (Å²) in [7, 11) is 0. The molecule has 1 aromatic heterocycles. The van der Waals surface area contributed by atoms with Gasteiger partial charge in [-0.1, -0.05) is 6.07 Å². The van der Waals surface area contributed by atoms with Crippen molar-refractivity contribution < 1.29 is 14.7 Å². The van der Waals surface area contributed by atoms with Crippen molar-refractivity contribution in [2.75, 3.05) is 5.32 Å². The molecular weight excluding hydrogens is 366 g/mol. The second-order valence-electron chi connectivity index (χ2n) is 5.14. The van der Waals surface area contributed by atoms with Crippen LogP contribution < -0.4 is 5.32 Å². The molecule has 1 heterocycles. The SMILES string of the molecule is Cc1cc(C)c(C(=O)O)cc1NC(=O)C(C)c1ccc(Br)s1. The predicted molar refractivity (Wildman–Crippen MR) is 91.9 cm³/mol. The number of benzene rings is 1. The van der Waals surface area contributed by atoms with Crippen molar-refractivity contribution in [3.8, 4) is 0 Å².